The predicted octanol–water partition coefficient (Wildman–Crippen LogP) is 9.73. The molecule has 2 saturated carbocycles. The zero-order valence-electron chi connectivity index (χ0n) is 20.8. The smallest absolute Gasteiger partial charge is 0.166 e. The summed E-state index contributed by atoms with van der Waals surface area (Å²) in [5.74, 6) is 0.00447. The van der Waals surface area contributed by atoms with E-state index in [1.807, 2.05) is 31.2 Å². The molecule has 4 rings (SSSR count). The molecule has 0 aliphatic heterocycles. The van der Waals surface area contributed by atoms with E-state index in [1.165, 1.54) is 12.8 Å². The Bertz CT molecular complexity index is 976. The Morgan fingerprint density at radius 3 is 2.06 bits per heavy atom. The molecule has 0 spiro atoms. The largest absolute Gasteiger partial charge is 0.207 e. The second-order valence-corrected chi connectivity index (χ2v) is 10.6. The summed E-state index contributed by atoms with van der Waals surface area (Å²) in [5, 5.41) is 0. The summed E-state index contributed by atoms with van der Waals surface area (Å²) in [6.07, 6.45) is 15.0. The Kier molecular flexibility index (Phi) is 8.55. The van der Waals surface area contributed by atoms with E-state index in [-0.39, 0.29) is 17.7 Å². The maximum absolute atomic E-state index is 14.9. The van der Waals surface area contributed by atoms with Crippen molar-refractivity contribution in [3.05, 3.63) is 76.1 Å². The van der Waals surface area contributed by atoms with Gasteiger partial charge in [-0.25, -0.2) is 13.2 Å². The molecule has 0 bridgehead atoms. The molecule has 34 heavy (non-hydrogen) atoms. The van der Waals surface area contributed by atoms with Gasteiger partial charge in [0.05, 0.1) is 0 Å². The minimum Gasteiger partial charge on any atom is -0.207 e. The summed E-state index contributed by atoms with van der Waals surface area (Å²) in [6, 6.07) is 9.20. The fourth-order valence-electron chi connectivity index (χ4n) is 6.18. The van der Waals surface area contributed by atoms with Crippen molar-refractivity contribution in [3.63, 3.8) is 0 Å². The summed E-state index contributed by atoms with van der Waals surface area (Å²) in [7, 11) is 0. The molecule has 0 radical (unpaired) electrons. The maximum Gasteiger partial charge on any atom is 0.166 e. The summed E-state index contributed by atoms with van der Waals surface area (Å²) in [5.41, 5.74) is 2.75. The summed E-state index contributed by atoms with van der Waals surface area (Å²) in [4.78, 5) is 0. The van der Waals surface area contributed by atoms with Crippen LogP contribution >= 0.6 is 0 Å². The standard InChI is InChI=1S/C31H39F3/c1-3-5-22-6-14-25(15-7-22)28-19-17-26(30(33)31(28)34)16-10-23-8-12-24(13-9-23)27-18-11-21(4-2)20-29(27)32/h10-11,16-20,22-25H,3-9,12-15H2,1-2H3/b16-10+. The Balaban J connectivity index is 1.35. The van der Waals surface area contributed by atoms with E-state index in [0.717, 1.165) is 74.8 Å². The van der Waals surface area contributed by atoms with E-state index >= 15 is 0 Å². The van der Waals surface area contributed by atoms with Gasteiger partial charge in [0.1, 0.15) is 5.82 Å². The average Bonchev–Trinajstić information content (AvgIpc) is 2.86. The highest BCUT2D eigenvalue weighted by molar-refractivity contribution is 5.52. The lowest BCUT2D eigenvalue weighted by molar-refractivity contribution is 0.303. The van der Waals surface area contributed by atoms with Crippen LogP contribution in [0, 0.1) is 29.3 Å². The van der Waals surface area contributed by atoms with E-state index in [9.17, 15) is 13.2 Å². The van der Waals surface area contributed by atoms with Gasteiger partial charge >= 0.3 is 0 Å². The first-order valence-electron chi connectivity index (χ1n) is 13.4. The molecular formula is C31H39F3. The van der Waals surface area contributed by atoms with Gasteiger partial charge in [0.15, 0.2) is 11.6 Å². The maximum atomic E-state index is 14.9. The molecule has 3 heteroatoms. The van der Waals surface area contributed by atoms with E-state index in [2.05, 4.69) is 6.92 Å². The lowest BCUT2D eigenvalue weighted by atomic mass is 9.77. The van der Waals surface area contributed by atoms with Gasteiger partial charge in [-0.15, -0.1) is 0 Å². The van der Waals surface area contributed by atoms with Crippen molar-refractivity contribution in [1.82, 2.24) is 0 Å². The quantitative estimate of drug-likeness (QED) is 0.379. The van der Waals surface area contributed by atoms with E-state index in [0.29, 0.717) is 17.0 Å². The first kappa shape index (κ1) is 25.1. The number of benzene rings is 2. The van der Waals surface area contributed by atoms with Crippen LogP contribution in [0.25, 0.3) is 6.08 Å². The molecule has 0 nitrogen and oxygen atoms in total. The van der Waals surface area contributed by atoms with Crippen molar-refractivity contribution in [2.24, 2.45) is 11.8 Å². The normalized spacial score (nSPS) is 25.7. The van der Waals surface area contributed by atoms with Gasteiger partial charge < -0.3 is 0 Å². The molecule has 2 fully saturated rings. The molecule has 0 amide bonds. The van der Waals surface area contributed by atoms with E-state index < -0.39 is 11.6 Å². The highest BCUT2D eigenvalue weighted by Crippen LogP contribution is 2.40. The van der Waals surface area contributed by atoms with Crippen molar-refractivity contribution in [3.8, 4) is 0 Å². The van der Waals surface area contributed by atoms with Crippen LogP contribution in [0.1, 0.15) is 112 Å². The first-order chi connectivity index (χ1) is 16.5. The summed E-state index contributed by atoms with van der Waals surface area (Å²) >= 11 is 0. The van der Waals surface area contributed by atoms with Crippen LogP contribution in [0.3, 0.4) is 0 Å². The molecule has 2 aromatic rings. The Morgan fingerprint density at radius 2 is 1.41 bits per heavy atom. The third-order valence-electron chi connectivity index (χ3n) is 8.36. The van der Waals surface area contributed by atoms with Crippen molar-refractivity contribution in [1.29, 1.82) is 0 Å². The van der Waals surface area contributed by atoms with Gasteiger partial charge in [0.2, 0.25) is 0 Å². The predicted molar refractivity (Wildman–Crippen MR) is 135 cm³/mol. The zero-order valence-corrected chi connectivity index (χ0v) is 20.8. The van der Waals surface area contributed by atoms with Crippen molar-refractivity contribution in [2.45, 2.75) is 96.3 Å². The fraction of sp³-hybridized carbons (Fsp3) is 0.548. The second-order valence-electron chi connectivity index (χ2n) is 10.6. The van der Waals surface area contributed by atoms with Crippen LogP contribution < -0.4 is 0 Å². The van der Waals surface area contributed by atoms with Gasteiger partial charge in [0.25, 0.3) is 0 Å². The molecule has 2 aromatic carbocycles. The number of rotatable bonds is 7. The fourth-order valence-corrected chi connectivity index (χ4v) is 6.18. The van der Waals surface area contributed by atoms with Gasteiger partial charge in [-0.05, 0) is 104 Å². The van der Waals surface area contributed by atoms with Crippen molar-refractivity contribution >= 4 is 6.08 Å². The van der Waals surface area contributed by atoms with Gasteiger partial charge in [-0.2, -0.15) is 0 Å². The van der Waals surface area contributed by atoms with Crippen molar-refractivity contribution < 1.29 is 13.2 Å². The minimum absolute atomic E-state index is 0.0881. The molecule has 0 atom stereocenters. The van der Waals surface area contributed by atoms with E-state index in [4.69, 9.17) is 0 Å². The summed E-state index contributed by atoms with van der Waals surface area (Å²) < 4.78 is 44.3. The van der Waals surface area contributed by atoms with Gasteiger partial charge in [-0.1, -0.05) is 63.1 Å². The number of hydrogen-bond acceptors (Lipinski definition) is 0. The average molecular weight is 469 g/mol. The zero-order chi connectivity index (χ0) is 24.1. The monoisotopic (exact) mass is 468 g/mol. The van der Waals surface area contributed by atoms with E-state index in [1.54, 1.807) is 18.2 Å². The summed E-state index contributed by atoms with van der Waals surface area (Å²) in [6.45, 7) is 4.25. The molecule has 2 aliphatic rings. The lowest BCUT2D eigenvalue weighted by Crippen LogP contribution is -2.15. The van der Waals surface area contributed by atoms with Crippen LogP contribution in [-0.4, -0.2) is 0 Å². The first-order valence-corrected chi connectivity index (χ1v) is 13.4. The van der Waals surface area contributed by atoms with Crippen LogP contribution in [0.5, 0.6) is 0 Å². The molecule has 0 N–H and O–H groups in total. The highest BCUT2D eigenvalue weighted by Gasteiger charge is 2.26. The molecule has 0 heterocycles. The minimum atomic E-state index is -0.712. The SMILES string of the molecule is CCCC1CCC(c2ccc(/C=C/C3CCC(c4ccc(CC)cc4F)CC3)c(F)c2F)CC1. The van der Waals surface area contributed by atoms with Crippen LogP contribution in [0.4, 0.5) is 13.2 Å². The lowest BCUT2D eigenvalue weighted by Gasteiger charge is -2.29. The molecule has 184 valence electrons. The topological polar surface area (TPSA) is 0 Å². The molecule has 0 saturated heterocycles. The highest BCUT2D eigenvalue weighted by atomic mass is 19.2. The van der Waals surface area contributed by atoms with Gasteiger partial charge in [0, 0.05) is 5.56 Å². The molecule has 0 unspecified atom stereocenters. The molecule has 2 aliphatic carbocycles. The van der Waals surface area contributed by atoms with Crippen LogP contribution in [0.15, 0.2) is 36.4 Å². The van der Waals surface area contributed by atoms with Crippen molar-refractivity contribution in [2.75, 3.05) is 0 Å². The number of halogens is 3. The van der Waals surface area contributed by atoms with Crippen LogP contribution in [-0.2, 0) is 6.42 Å². The molecule has 0 aromatic heterocycles. The Morgan fingerprint density at radius 1 is 0.765 bits per heavy atom. The number of hydrogen-bond donors (Lipinski definition) is 0. The number of allylic oxidation sites excluding steroid dienone is 1. The van der Waals surface area contributed by atoms with Gasteiger partial charge in [-0.3, -0.25) is 0 Å². The Labute approximate surface area is 203 Å². The third-order valence-corrected chi connectivity index (χ3v) is 8.36. The second kappa shape index (κ2) is 11.6. The third kappa shape index (κ3) is 5.78. The Hall–Kier alpha value is -2.03. The number of aryl methyl sites for hydroxylation is 1. The van der Waals surface area contributed by atoms with Crippen LogP contribution in [0.2, 0.25) is 0 Å². The molecular weight excluding hydrogens is 429 g/mol.